The van der Waals surface area contributed by atoms with Crippen molar-refractivity contribution in [3.05, 3.63) is 83.2 Å². The Labute approximate surface area is 174 Å². The van der Waals surface area contributed by atoms with E-state index in [9.17, 15) is 4.79 Å². The van der Waals surface area contributed by atoms with Gasteiger partial charge >= 0.3 is 0 Å². The minimum Gasteiger partial charge on any atom is -0.321 e. The number of hydrogen-bond acceptors (Lipinski definition) is 2. The Hall–Kier alpha value is -2.88. The van der Waals surface area contributed by atoms with Crippen LogP contribution in [0.3, 0.4) is 0 Å². The van der Waals surface area contributed by atoms with Gasteiger partial charge in [0.15, 0.2) is 0 Å². The van der Waals surface area contributed by atoms with Crippen LogP contribution in [-0.2, 0) is 17.4 Å². The van der Waals surface area contributed by atoms with Gasteiger partial charge in [0.2, 0.25) is 0 Å². The van der Waals surface area contributed by atoms with Crippen LogP contribution in [0, 0.1) is 0 Å². The lowest BCUT2D eigenvalue weighted by Gasteiger charge is -2.19. The molecule has 0 radical (unpaired) electrons. The summed E-state index contributed by atoms with van der Waals surface area (Å²) in [5.41, 5.74) is 4.55. The van der Waals surface area contributed by atoms with Gasteiger partial charge in [0.1, 0.15) is 5.69 Å². The zero-order chi connectivity index (χ0) is 21.2. The standard InChI is InChI=1S/C25H31N3O/c1-24(2,3)19-12-14-20(15-13-19)26-23(29)21-16-22(25(4,5)6)27-28(21)17-18-10-8-7-9-11-18/h7-16H,17H2,1-6H3,(H,26,29). The molecule has 0 unspecified atom stereocenters. The Morgan fingerprint density at radius 3 is 2.07 bits per heavy atom. The number of amides is 1. The molecule has 1 aromatic heterocycles. The largest absolute Gasteiger partial charge is 0.321 e. The predicted octanol–water partition coefficient (Wildman–Crippen LogP) is 5.78. The van der Waals surface area contributed by atoms with Gasteiger partial charge < -0.3 is 5.32 Å². The molecule has 0 atom stereocenters. The maximum absolute atomic E-state index is 13.1. The van der Waals surface area contributed by atoms with Crippen molar-refractivity contribution in [2.45, 2.75) is 58.9 Å². The number of hydrogen-bond donors (Lipinski definition) is 1. The minimum absolute atomic E-state index is 0.0818. The Balaban J connectivity index is 1.87. The minimum atomic E-state index is -0.146. The molecule has 0 fully saturated rings. The number of anilines is 1. The van der Waals surface area contributed by atoms with Crippen LogP contribution >= 0.6 is 0 Å². The summed E-state index contributed by atoms with van der Waals surface area (Å²) in [6, 6.07) is 20.0. The number of carbonyl (C=O) groups is 1. The Bertz CT molecular complexity index is 972. The summed E-state index contributed by atoms with van der Waals surface area (Å²) in [5, 5.41) is 7.77. The van der Waals surface area contributed by atoms with Crippen LogP contribution in [0.2, 0.25) is 0 Å². The Morgan fingerprint density at radius 2 is 1.52 bits per heavy atom. The molecule has 4 nitrogen and oxygen atoms in total. The molecule has 0 aliphatic heterocycles. The summed E-state index contributed by atoms with van der Waals surface area (Å²) in [5.74, 6) is -0.146. The van der Waals surface area contributed by atoms with E-state index in [1.807, 2.05) is 48.5 Å². The van der Waals surface area contributed by atoms with Gasteiger partial charge in [-0.2, -0.15) is 5.10 Å². The highest BCUT2D eigenvalue weighted by Crippen LogP contribution is 2.25. The molecule has 152 valence electrons. The predicted molar refractivity (Wildman–Crippen MR) is 120 cm³/mol. The smallest absolute Gasteiger partial charge is 0.273 e. The SMILES string of the molecule is CC(C)(C)c1ccc(NC(=O)c2cc(C(C)(C)C)nn2Cc2ccccc2)cc1. The average molecular weight is 390 g/mol. The van der Waals surface area contributed by atoms with Crippen molar-refractivity contribution < 1.29 is 4.79 Å². The second-order valence-electron chi connectivity index (χ2n) is 9.59. The normalized spacial score (nSPS) is 12.1. The lowest BCUT2D eigenvalue weighted by atomic mass is 9.87. The molecule has 1 amide bonds. The topological polar surface area (TPSA) is 46.9 Å². The van der Waals surface area contributed by atoms with Crippen LogP contribution in [0.4, 0.5) is 5.69 Å². The quantitative estimate of drug-likeness (QED) is 0.615. The molecule has 0 saturated heterocycles. The molecular weight excluding hydrogens is 358 g/mol. The van der Waals surface area contributed by atoms with Crippen molar-refractivity contribution in [3.63, 3.8) is 0 Å². The third-order valence-corrected chi connectivity index (χ3v) is 4.96. The lowest BCUT2D eigenvalue weighted by molar-refractivity contribution is 0.101. The van der Waals surface area contributed by atoms with Crippen LogP contribution in [-0.4, -0.2) is 15.7 Å². The van der Waals surface area contributed by atoms with E-state index in [1.165, 1.54) is 5.56 Å². The van der Waals surface area contributed by atoms with Gasteiger partial charge in [0.25, 0.3) is 5.91 Å². The van der Waals surface area contributed by atoms with Crippen molar-refractivity contribution in [2.24, 2.45) is 0 Å². The molecule has 0 aliphatic rings. The second-order valence-corrected chi connectivity index (χ2v) is 9.59. The highest BCUT2D eigenvalue weighted by molar-refractivity contribution is 6.03. The first-order valence-corrected chi connectivity index (χ1v) is 10.1. The van der Waals surface area contributed by atoms with Crippen molar-refractivity contribution in [1.82, 2.24) is 9.78 Å². The third kappa shape index (κ3) is 5.14. The summed E-state index contributed by atoms with van der Waals surface area (Å²) in [6.07, 6.45) is 0. The molecule has 0 saturated carbocycles. The number of benzene rings is 2. The first-order valence-electron chi connectivity index (χ1n) is 10.1. The summed E-state index contributed by atoms with van der Waals surface area (Å²) in [7, 11) is 0. The third-order valence-electron chi connectivity index (χ3n) is 4.96. The van der Waals surface area contributed by atoms with E-state index in [0.29, 0.717) is 12.2 Å². The molecule has 0 bridgehead atoms. The average Bonchev–Trinajstić information content (AvgIpc) is 3.06. The number of carbonyl (C=O) groups excluding carboxylic acids is 1. The first-order chi connectivity index (χ1) is 13.5. The highest BCUT2D eigenvalue weighted by atomic mass is 16.2. The van der Waals surface area contributed by atoms with E-state index in [0.717, 1.165) is 16.9 Å². The molecule has 1 N–H and O–H groups in total. The molecule has 3 aromatic rings. The maximum Gasteiger partial charge on any atom is 0.273 e. The second kappa shape index (κ2) is 7.86. The Morgan fingerprint density at radius 1 is 0.897 bits per heavy atom. The molecule has 0 spiro atoms. The zero-order valence-electron chi connectivity index (χ0n) is 18.3. The van der Waals surface area contributed by atoms with Crippen LogP contribution in [0.1, 0.15) is 68.9 Å². The van der Waals surface area contributed by atoms with E-state index in [-0.39, 0.29) is 16.7 Å². The summed E-state index contributed by atoms with van der Waals surface area (Å²) in [6.45, 7) is 13.4. The van der Waals surface area contributed by atoms with Crippen molar-refractivity contribution in [1.29, 1.82) is 0 Å². The van der Waals surface area contributed by atoms with Crippen molar-refractivity contribution >= 4 is 11.6 Å². The number of nitrogens with zero attached hydrogens (tertiary/aromatic N) is 2. The van der Waals surface area contributed by atoms with E-state index < -0.39 is 0 Å². The van der Waals surface area contributed by atoms with Crippen LogP contribution in [0.5, 0.6) is 0 Å². The highest BCUT2D eigenvalue weighted by Gasteiger charge is 2.23. The van der Waals surface area contributed by atoms with E-state index in [2.05, 4.69) is 59.0 Å². The van der Waals surface area contributed by atoms with Gasteiger partial charge in [-0.25, -0.2) is 0 Å². The summed E-state index contributed by atoms with van der Waals surface area (Å²) < 4.78 is 1.80. The molecular formula is C25H31N3O. The van der Waals surface area contributed by atoms with E-state index in [4.69, 9.17) is 5.10 Å². The van der Waals surface area contributed by atoms with E-state index in [1.54, 1.807) is 4.68 Å². The monoisotopic (exact) mass is 389 g/mol. The molecule has 4 heteroatoms. The maximum atomic E-state index is 13.1. The van der Waals surface area contributed by atoms with Gasteiger partial charge in [-0.15, -0.1) is 0 Å². The molecule has 0 aliphatic carbocycles. The number of rotatable bonds is 4. The van der Waals surface area contributed by atoms with Gasteiger partial charge in [-0.05, 0) is 34.7 Å². The molecule has 29 heavy (non-hydrogen) atoms. The fraction of sp³-hybridized carbons (Fsp3) is 0.360. The van der Waals surface area contributed by atoms with Gasteiger partial charge in [-0.1, -0.05) is 84.0 Å². The van der Waals surface area contributed by atoms with Gasteiger partial charge in [-0.3, -0.25) is 9.48 Å². The zero-order valence-corrected chi connectivity index (χ0v) is 18.3. The van der Waals surface area contributed by atoms with Crippen molar-refractivity contribution in [3.8, 4) is 0 Å². The summed E-state index contributed by atoms with van der Waals surface area (Å²) in [4.78, 5) is 13.1. The molecule has 2 aromatic carbocycles. The van der Waals surface area contributed by atoms with Gasteiger partial charge in [0, 0.05) is 11.1 Å². The van der Waals surface area contributed by atoms with E-state index >= 15 is 0 Å². The lowest BCUT2D eigenvalue weighted by Crippen LogP contribution is -2.18. The number of nitrogens with one attached hydrogen (secondary N) is 1. The number of aromatic nitrogens is 2. The van der Waals surface area contributed by atoms with Crippen LogP contribution in [0.15, 0.2) is 60.7 Å². The first kappa shape index (κ1) is 20.8. The fourth-order valence-corrected chi connectivity index (χ4v) is 3.09. The van der Waals surface area contributed by atoms with Gasteiger partial charge in [0.05, 0.1) is 12.2 Å². The van der Waals surface area contributed by atoms with Crippen LogP contribution < -0.4 is 5.32 Å². The van der Waals surface area contributed by atoms with Crippen LogP contribution in [0.25, 0.3) is 0 Å². The fourth-order valence-electron chi connectivity index (χ4n) is 3.09. The summed E-state index contributed by atoms with van der Waals surface area (Å²) >= 11 is 0. The van der Waals surface area contributed by atoms with Crippen molar-refractivity contribution in [2.75, 3.05) is 5.32 Å². The molecule has 3 rings (SSSR count). The Kier molecular flexibility index (Phi) is 5.65. The molecule has 1 heterocycles.